The lowest BCUT2D eigenvalue weighted by Gasteiger charge is -2.20. The van der Waals surface area contributed by atoms with Crippen LogP contribution < -0.4 is 5.43 Å². The van der Waals surface area contributed by atoms with E-state index in [1.54, 1.807) is 13.8 Å². The third-order valence-corrected chi connectivity index (χ3v) is 5.57. The number of hydrazone groups is 1. The summed E-state index contributed by atoms with van der Waals surface area (Å²) >= 11 is 0. The minimum Gasteiger partial charge on any atom is -0.277 e. The Balaban J connectivity index is 3.40. The molecule has 1 N–H and O–H groups in total. The van der Waals surface area contributed by atoms with Gasteiger partial charge in [-0.1, -0.05) is 27.2 Å². The Labute approximate surface area is 142 Å². The summed E-state index contributed by atoms with van der Waals surface area (Å²) in [6.45, 7) is 7.84. The van der Waals surface area contributed by atoms with Gasteiger partial charge < -0.3 is 0 Å². The number of hydrogen-bond donors (Lipinski definition) is 1. The van der Waals surface area contributed by atoms with Crippen LogP contribution in [-0.4, -0.2) is 36.4 Å². The van der Waals surface area contributed by atoms with Crippen LogP contribution in [-0.2, 0) is 10.0 Å². The maximum Gasteiger partial charge on any atom is 0.270 e. The van der Waals surface area contributed by atoms with Crippen LogP contribution in [0.4, 0.5) is 11.4 Å². The lowest BCUT2D eigenvalue weighted by molar-refractivity contribution is -0.385. The number of nitro groups is 1. The number of rotatable bonds is 9. The Hall–Kier alpha value is -2.00. The predicted molar refractivity (Wildman–Crippen MR) is 94.8 cm³/mol. The summed E-state index contributed by atoms with van der Waals surface area (Å²) in [6.07, 6.45) is 1.69. The fraction of sp³-hybridized carbons (Fsp3) is 0.533. The first-order valence-corrected chi connectivity index (χ1v) is 9.29. The minimum atomic E-state index is -3.85. The zero-order valence-corrected chi connectivity index (χ0v) is 15.3. The molecule has 0 aliphatic rings. The van der Waals surface area contributed by atoms with Gasteiger partial charge in [-0.2, -0.15) is 9.41 Å². The van der Waals surface area contributed by atoms with Crippen molar-refractivity contribution in [1.82, 2.24) is 4.31 Å². The number of nitro benzene ring substituents is 1. The molecule has 0 atom stereocenters. The molecule has 0 aromatic heterocycles. The Kier molecular flexibility index (Phi) is 7.30. The predicted octanol–water partition coefficient (Wildman–Crippen LogP) is 3.21. The molecule has 0 radical (unpaired) electrons. The van der Waals surface area contributed by atoms with Crippen molar-refractivity contribution in [3.05, 3.63) is 28.3 Å². The second-order valence-electron chi connectivity index (χ2n) is 5.24. The van der Waals surface area contributed by atoms with Crippen molar-refractivity contribution in [1.29, 1.82) is 0 Å². The highest BCUT2D eigenvalue weighted by atomic mass is 32.2. The summed E-state index contributed by atoms with van der Waals surface area (Å²) in [7, 11) is -3.85. The van der Waals surface area contributed by atoms with Gasteiger partial charge in [-0.3, -0.25) is 15.5 Å². The van der Waals surface area contributed by atoms with Gasteiger partial charge in [-0.15, -0.1) is 0 Å². The van der Waals surface area contributed by atoms with Crippen LogP contribution in [0.25, 0.3) is 0 Å². The molecule has 0 fully saturated rings. The fourth-order valence-electron chi connectivity index (χ4n) is 2.21. The average Bonchev–Trinajstić information content (AvgIpc) is 2.53. The SMILES string of the molecule is CCC/C(C)=N\Nc1ccc([N+](=O)[O-])cc1S(=O)(=O)N(CC)CC. The number of nitrogens with zero attached hydrogens (tertiary/aromatic N) is 3. The molecular formula is C15H24N4O4S. The molecule has 8 nitrogen and oxygen atoms in total. The zero-order valence-electron chi connectivity index (χ0n) is 14.4. The number of sulfonamides is 1. The number of benzene rings is 1. The Bertz CT molecular complexity index is 712. The second-order valence-corrected chi connectivity index (χ2v) is 7.14. The molecule has 1 aromatic carbocycles. The van der Waals surface area contributed by atoms with Crippen molar-refractivity contribution < 1.29 is 13.3 Å². The van der Waals surface area contributed by atoms with Gasteiger partial charge >= 0.3 is 0 Å². The van der Waals surface area contributed by atoms with Gasteiger partial charge in [0.2, 0.25) is 10.0 Å². The van der Waals surface area contributed by atoms with Crippen molar-refractivity contribution >= 4 is 27.1 Å². The van der Waals surface area contributed by atoms with Crippen molar-refractivity contribution in [2.24, 2.45) is 5.10 Å². The molecule has 0 aliphatic carbocycles. The summed E-state index contributed by atoms with van der Waals surface area (Å²) in [5.74, 6) is 0. The van der Waals surface area contributed by atoms with Crippen LogP contribution in [0.3, 0.4) is 0 Å². The van der Waals surface area contributed by atoms with Gasteiger partial charge in [-0.25, -0.2) is 8.42 Å². The Morgan fingerprint density at radius 3 is 2.42 bits per heavy atom. The normalized spacial score (nSPS) is 12.5. The molecule has 0 aliphatic heterocycles. The summed E-state index contributed by atoms with van der Waals surface area (Å²) < 4.78 is 26.8. The standard InChI is InChI=1S/C15H24N4O4S/c1-5-8-12(4)16-17-14-10-9-13(19(20)21)11-15(14)24(22,23)18(6-2)7-3/h9-11,17H,5-8H2,1-4H3/b16-12-. The highest BCUT2D eigenvalue weighted by Crippen LogP contribution is 2.29. The highest BCUT2D eigenvalue weighted by Gasteiger charge is 2.27. The molecule has 1 rings (SSSR count). The van der Waals surface area contributed by atoms with Gasteiger partial charge in [0.1, 0.15) is 4.90 Å². The molecule has 134 valence electrons. The van der Waals surface area contributed by atoms with Gasteiger partial charge in [0.15, 0.2) is 0 Å². The topological polar surface area (TPSA) is 105 Å². The quantitative estimate of drug-likeness (QED) is 0.415. The Morgan fingerprint density at radius 2 is 1.92 bits per heavy atom. The average molecular weight is 356 g/mol. The van der Waals surface area contributed by atoms with Crippen LogP contribution in [0.2, 0.25) is 0 Å². The molecule has 0 heterocycles. The number of hydrogen-bond acceptors (Lipinski definition) is 6. The van der Waals surface area contributed by atoms with E-state index in [4.69, 9.17) is 0 Å². The van der Waals surface area contributed by atoms with E-state index in [0.29, 0.717) is 0 Å². The monoisotopic (exact) mass is 356 g/mol. The van der Waals surface area contributed by atoms with Crippen LogP contribution in [0.15, 0.2) is 28.2 Å². The van der Waals surface area contributed by atoms with Crippen LogP contribution >= 0.6 is 0 Å². The highest BCUT2D eigenvalue weighted by molar-refractivity contribution is 7.89. The van der Waals surface area contributed by atoms with Gasteiger partial charge in [0.25, 0.3) is 5.69 Å². The molecule has 0 amide bonds. The lowest BCUT2D eigenvalue weighted by atomic mass is 10.2. The molecular weight excluding hydrogens is 332 g/mol. The number of non-ortho nitro benzene ring substituents is 1. The largest absolute Gasteiger partial charge is 0.277 e. The third kappa shape index (κ3) is 4.75. The summed E-state index contributed by atoms with van der Waals surface area (Å²) in [4.78, 5) is 10.2. The molecule has 0 saturated heterocycles. The Morgan fingerprint density at radius 1 is 1.29 bits per heavy atom. The van der Waals surface area contributed by atoms with E-state index < -0.39 is 14.9 Å². The van der Waals surface area contributed by atoms with Crippen LogP contribution in [0.5, 0.6) is 0 Å². The summed E-state index contributed by atoms with van der Waals surface area (Å²) in [5, 5.41) is 15.2. The summed E-state index contributed by atoms with van der Waals surface area (Å²) in [5.41, 5.74) is 3.50. The number of nitrogens with one attached hydrogen (secondary N) is 1. The maximum atomic E-state index is 12.8. The molecule has 0 spiro atoms. The van der Waals surface area contributed by atoms with Crippen molar-refractivity contribution in [2.45, 2.75) is 45.4 Å². The zero-order chi connectivity index (χ0) is 18.3. The fourth-order valence-corrected chi connectivity index (χ4v) is 3.83. The van der Waals surface area contributed by atoms with E-state index in [2.05, 4.69) is 10.5 Å². The van der Waals surface area contributed by atoms with E-state index in [9.17, 15) is 18.5 Å². The van der Waals surface area contributed by atoms with Crippen LogP contribution in [0.1, 0.15) is 40.5 Å². The van der Waals surface area contributed by atoms with Crippen molar-refractivity contribution in [3.8, 4) is 0 Å². The lowest BCUT2D eigenvalue weighted by Crippen LogP contribution is -2.31. The number of anilines is 1. The van der Waals surface area contributed by atoms with E-state index in [0.717, 1.165) is 24.6 Å². The van der Waals surface area contributed by atoms with E-state index in [1.807, 2.05) is 13.8 Å². The van der Waals surface area contributed by atoms with E-state index >= 15 is 0 Å². The molecule has 9 heteroatoms. The van der Waals surface area contributed by atoms with E-state index in [-0.39, 0.29) is 29.4 Å². The molecule has 0 bridgehead atoms. The van der Waals surface area contributed by atoms with Gasteiger partial charge in [0, 0.05) is 30.9 Å². The van der Waals surface area contributed by atoms with Crippen molar-refractivity contribution in [2.75, 3.05) is 18.5 Å². The van der Waals surface area contributed by atoms with Gasteiger partial charge in [0.05, 0.1) is 10.6 Å². The maximum absolute atomic E-state index is 12.8. The minimum absolute atomic E-state index is 0.145. The summed E-state index contributed by atoms with van der Waals surface area (Å²) in [6, 6.07) is 3.70. The van der Waals surface area contributed by atoms with Crippen LogP contribution in [0, 0.1) is 10.1 Å². The van der Waals surface area contributed by atoms with Gasteiger partial charge in [-0.05, 0) is 19.4 Å². The first-order chi connectivity index (χ1) is 11.3. The smallest absolute Gasteiger partial charge is 0.270 e. The molecule has 0 saturated carbocycles. The first-order valence-electron chi connectivity index (χ1n) is 7.85. The third-order valence-electron chi connectivity index (χ3n) is 3.48. The molecule has 24 heavy (non-hydrogen) atoms. The van der Waals surface area contributed by atoms with E-state index in [1.165, 1.54) is 16.4 Å². The second kappa shape index (κ2) is 8.74. The first kappa shape index (κ1) is 20.0. The molecule has 0 unspecified atom stereocenters. The molecule has 1 aromatic rings. The van der Waals surface area contributed by atoms with Crippen molar-refractivity contribution in [3.63, 3.8) is 0 Å².